The van der Waals surface area contributed by atoms with Crippen molar-refractivity contribution in [2.75, 3.05) is 18.2 Å². The van der Waals surface area contributed by atoms with Crippen molar-refractivity contribution < 1.29 is 9.53 Å². The highest BCUT2D eigenvalue weighted by atomic mass is 32.2. The number of nitrogens with zero attached hydrogens (tertiary/aromatic N) is 2. The molecule has 1 amide bonds. The van der Waals surface area contributed by atoms with Crippen molar-refractivity contribution in [3.05, 3.63) is 54.2 Å². The van der Waals surface area contributed by atoms with Crippen molar-refractivity contribution in [3.8, 4) is 5.75 Å². The molecular weight excluding hydrogens is 322 g/mol. The maximum absolute atomic E-state index is 12.1. The molecule has 0 radical (unpaired) electrons. The number of amides is 1. The zero-order chi connectivity index (χ0) is 16.9. The van der Waals surface area contributed by atoms with Gasteiger partial charge in [-0.25, -0.2) is 9.97 Å². The van der Waals surface area contributed by atoms with Gasteiger partial charge in [0.1, 0.15) is 10.8 Å². The molecule has 1 N–H and O–H groups in total. The summed E-state index contributed by atoms with van der Waals surface area (Å²) in [6.45, 7) is 1.90. The Hall–Kier alpha value is -2.60. The number of carbonyl (C=O) groups is 1. The molecule has 3 aromatic rings. The van der Waals surface area contributed by atoms with Gasteiger partial charge in [0.2, 0.25) is 5.91 Å². The highest BCUT2D eigenvalue weighted by Gasteiger charge is 2.09. The Morgan fingerprint density at radius 2 is 1.88 bits per heavy atom. The SMILES string of the molecule is COc1cccc(NC(=O)CSc2nc3ccccc3nc2C)c1. The van der Waals surface area contributed by atoms with Gasteiger partial charge in [0.25, 0.3) is 0 Å². The number of para-hydroxylation sites is 2. The molecule has 0 aliphatic heterocycles. The zero-order valence-corrected chi connectivity index (χ0v) is 14.3. The summed E-state index contributed by atoms with van der Waals surface area (Å²) in [5, 5.41) is 3.63. The van der Waals surface area contributed by atoms with E-state index in [1.165, 1.54) is 11.8 Å². The number of hydrogen-bond donors (Lipinski definition) is 1. The first kappa shape index (κ1) is 16.3. The van der Waals surface area contributed by atoms with Crippen LogP contribution >= 0.6 is 11.8 Å². The molecule has 3 rings (SSSR count). The molecule has 1 aromatic heterocycles. The summed E-state index contributed by atoms with van der Waals surface area (Å²) in [6.07, 6.45) is 0. The minimum Gasteiger partial charge on any atom is -0.497 e. The van der Waals surface area contributed by atoms with Crippen molar-refractivity contribution in [3.63, 3.8) is 0 Å². The fraction of sp³-hybridized carbons (Fsp3) is 0.167. The average molecular weight is 339 g/mol. The Kier molecular flexibility index (Phi) is 4.96. The number of aryl methyl sites for hydroxylation is 1. The van der Waals surface area contributed by atoms with Crippen molar-refractivity contribution in [2.24, 2.45) is 0 Å². The van der Waals surface area contributed by atoms with Gasteiger partial charge in [0.05, 0.1) is 29.6 Å². The summed E-state index contributed by atoms with van der Waals surface area (Å²) in [6, 6.07) is 15.0. The van der Waals surface area contributed by atoms with Gasteiger partial charge in [0, 0.05) is 11.8 Å². The molecular formula is C18H17N3O2S. The molecule has 24 heavy (non-hydrogen) atoms. The van der Waals surface area contributed by atoms with Crippen LogP contribution in [0.3, 0.4) is 0 Å². The Morgan fingerprint density at radius 3 is 2.62 bits per heavy atom. The highest BCUT2D eigenvalue weighted by Crippen LogP contribution is 2.22. The van der Waals surface area contributed by atoms with Crippen molar-refractivity contribution in [2.45, 2.75) is 11.9 Å². The van der Waals surface area contributed by atoms with Gasteiger partial charge in [-0.05, 0) is 31.2 Å². The van der Waals surface area contributed by atoms with Crippen LogP contribution in [0, 0.1) is 6.92 Å². The number of aromatic nitrogens is 2. The van der Waals surface area contributed by atoms with Gasteiger partial charge in [0.15, 0.2) is 0 Å². The van der Waals surface area contributed by atoms with Gasteiger partial charge < -0.3 is 10.1 Å². The van der Waals surface area contributed by atoms with E-state index < -0.39 is 0 Å². The smallest absolute Gasteiger partial charge is 0.234 e. The number of benzene rings is 2. The summed E-state index contributed by atoms with van der Waals surface area (Å²) in [4.78, 5) is 21.2. The van der Waals surface area contributed by atoms with E-state index in [0.717, 1.165) is 21.8 Å². The molecule has 0 bridgehead atoms. The summed E-state index contributed by atoms with van der Waals surface area (Å²) in [5.74, 6) is 0.879. The molecule has 2 aromatic carbocycles. The Labute approximate surface area is 144 Å². The second-order valence-corrected chi connectivity index (χ2v) is 6.14. The standard InChI is InChI=1S/C18H17N3O2S/c1-12-18(21-16-9-4-3-8-15(16)19-12)24-11-17(22)20-13-6-5-7-14(10-13)23-2/h3-10H,11H2,1-2H3,(H,20,22). The first-order valence-corrected chi connectivity index (χ1v) is 8.44. The van der Waals surface area contributed by atoms with E-state index in [1.807, 2.05) is 49.4 Å². The Morgan fingerprint density at radius 1 is 1.12 bits per heavy atom. The lowest BCUT2D eigenvalue weighted by atomic mass is 10.3. The molecule has 0 saturated carbocycles. The summed E-state index contributed by atoms with van der Waals surface area (Å²) in [5.41, 5.74) is 3.23. The maximum atomic E-state index is 12.1. The fourth-order valence-electron chi connectivity index (χ4n) is 2.24. The van der Waals surface area contributed by atoms with Gasteiger partial charge in [-0.1, -0.05) is 30.0 Å². The van der Waals surface area contributed by atoms with Gasteiger partial charge in [-0.15, -0.1) is 0 Å². The molecule has 0 saturated heterocycles. The molecule has 0 atom stereocenters. The predicted molar refractivity (Wildman–Crippen MR) is 96.6 cm³/mol. The van der Waals surface area contributed by atoms with E-state index in [0.29, 0.717) is 11.4 Å². The largest absolute Gasteiger partial charge is 0.497 e. The molecule has 0 spiro atoms. The second kappa shape index (κ2) is 7.31. The lowest BCUT2D eigenvalue weighted by molar-refractivity contribution is -0.113. The Bertz CT molecular complexity index is 883. The summed E-state index contributed by atoms with van der Waals surface area (Å²) in [7, 11) is 1.60. The van der Waals surface area contributed by atoms with E-state index in [9.17, 15) is 4.79 Å². The molecule has 1 heterocycles. The van der Waals surface area contributed by atoms with Crippen LogP contribution in [0.2, 0.25) is 0 Å². The first-order chi connectivity index (χ1) is 11.7. The number of fused-ring (bicyclic) bond motifs is 1. The number of nitrogens with one attached hydrogen (secondary N) is 1. The van der Waals surface area contributed by atoms with Gasteiger partial charge in [-0.3, -0.25) is 4.79 Å². The van der Waals surface area contributed by atoms with Crippen molar-refractivity contribution in [1.29, 1.82) is 0 Å². The van der Waals surface area contributed by atoms with Crippen molar-refractivity contribution in [1.82, 2.24) is 9.97 Å². The van der Waals surface area contributed by atoms with E-state index >= 15 is 0 Å². The van der Waals surface area contributed by atoms with Crippen LogP contribution in [0.25, 0.3) is 11.0 Å². The van der Waals surface area contributed by atoms with Crippen LogP contribution in [0.15, 0.2) is 53.6 Å². The third-order valence-electron chi connectivity index (χ3n) is 3.39. The van der Waals surface area contributed by atoms with Crippen LogP contribution in [0.1, 0.15) is 5.69 Å². The minimum absolute atomic E-state index is 0.0948. The summed E-state index contributed by atoms with van der Waals surface area (Å²) >= 11 is 1.38. The van der Waals surface area contributed by atoms with Crippen molar-refractivity contribution >= 4 is 34.4 Å². The van der Waals surface area contributed by atoms with E-state index in [4.69, 9.17) is 4.74 Å². The fourth-order valence-corrected chi connectivity index (χ4v) is 3.00. The van der Waals surface area contributed by atoms with Crippen LogP contribution in [0.4, 0.5) is 5.69 Å². The summed E-state index contributed by atoms with van der Waals surface area (Å²) < 4.78 is 5.15. The number of carbonyl (C=O) groups excluding carboxylic acids is 1. The monoisotopic (exact) mass is 339 g/mol. The molecule has 6 heteroatoms. The quantitative estimate of drug-likeness (QED) is 0.719. The zero-order valence-electron chi connectivity index (χ0n) is 13.4. The molecule has 5 nitrogen and oxygen atoms in total. The third kappa shape index (κ3) is 3.83. The average Bonchev–Trinajstić information content (AvgIpc) is 2.60. The molecule has 0 aliphatic carbocycles. The molecule has 0 aliphatic rings. The number of methoxy groups -OCH3 is 1. The number of anilines is 1. The van der Waals surface area contributed by atoms with Crippen LogP contribution < -0.4 is 10.1 Å². The Balaban J connectivity index is 1.66. The highest BCUT2D eigenvalue weighted by molar-refractivity contribution is 8.00. The predicted octanol–water partition coefficient (Wildman–Crippen LogP) is 3.68. The van der Waals surface area contributed by atoms with E-state index in [1.54, 1.807) is 13.2 Å². The molecule has 0 fully saturated rings. The van der Waals surface area contributed by atoms with Crippen LogP contribution in [-0.2, 0) is 4.79 Å². The number of ether oxygens (including phenoxy) is 1. The van der Waals surface area contributed by atoms with Crippen LogP contribution in [0.5, 0.6) is 5.75 Å². The molecule has 0 unspecified atom stereocenters. The normalized spacial score (nSPS) is 10.6. The van der Waals surface area contributed by atoms with E-state index in [-0.39, 0.29) is 11.7 Å². The number of thioether (sulfide) groups is 1. The number of hydrogen-bond acceptors (Lipinski definition) is 5. The topological polar surface area (TPSA) is 64.1 Å². The van der Waals surface area contributed by atoms with E-state index in [2.05, 4.69) is 15.3 Å². The first-order valence-electron chi connectivity index (χ1n) is 7.46. The second-order valence-electron chi connectivity index (χ2n) is 5.17. The molecule has 122 valence electrons. The lowest BCUT2D eigenvalue weighted by Gasteiger charge is -2.08. The minimum atomic E-state index is -0.0948. The van der Waals surface area contributed by atoms with Gasteiger partial charge >= 0.3 is 0 Å². The third-order valence-corrected chi connectivity index (χ3v) is 4.46. The lowest BCUT2D eigenvalue weighted by Crippen LogP contribution is -2.14. The number of rotatable bonds is 5. The van der Waals surface area contributed by atoms with Gasteiger partial charge in [-0.2, -0.15) is 0 Å². The maximum Gasteiger partial charge on any atom is 0.234 e. The van der Waals surface area contributed by atoms with Crippen LogP contribution in [-0.4, -0.2) is 28.7 Å².